The fraction of sp³-hybridized carbons (Fsp3) is 0.857. The number of nitrogens with zero attached hydrogens (tertiary/aromatic N) is 2. The molecule has 108 valence electrons. The molecule has 1 aliphatic carbocycles. The van der Waals surface area contributed by atoms with Gasteiger partial charge in [0.15, 0.2) is 0 Å². The first-order valence-electron chi connectivity index (χ1n) is 7.25. The van der Waals surface area contributed by atoms with E-state index in [1.807, 2.05) is 9.80 Å². The van der Waals surface area contributed by atoms with E-state index in [-0.39, 0.29) is 12.5 Å². The quantitative estimate of drug-likeness (QED) is 0.786. The van der Waals surface area contributed by atoms with Crippen LogP contribution in [-0.4, -0.2) is 58.5 Å². The molecule has 1 N–H and O–H groups in total. The maximum atomic E-state index is 12.4. The molecule has 1 saturated heterocycles. The molecule has 5 nitrogen and oxygen atoms in total. The third-order valence-corrected chi connectivity index (χ3v) is 3.86. The first kappa shape index (κ1) is 14.3. The molecule has 0 aromatic rings. The molecule has 1 aliphatic heterocycles. The lowest BCUT2D eigenvalue weighted by Crippen LogP contribution is -2.46. The van der Waals surface area contributed by atoms with E-state index in [1.54, 1.807) is 0 Å². The zero-order valence-corrected chi connectivity index (χ0v) is 11.8. The minimum Gasteiger partial charge on any atom is -0.480 e. The third kappa shape index (κ3) is 3.69. The summed E-state index contributed by atoms with van der Waals surface area (Å²) >= 11 is 0. The summed E-state index contributed by atoms with van der Waals surface area (Å²) in [6.07, 6.45) is 3.73. The Morgan fingerprint density at radius 1 is 1.32 bits per heavy atom. The van der Waals surface area contributed by atoms with Gasteiger partial charge in [0.2, 0.25) is 5.91 Å². The van der Waals surface area contributed by atoms with Crippen molar-refractivity contribution < 1.29 is 14.7 Å². The van der Waals surface area contributed by atoms with Crippen LogP contribution in [0.25, 0.3) is 0 Å². The number of carboxylic acids is 1. The zero-order chi connectivity index (χ0) is 14.0. The highest BCUT2D eigenvalue weighted by Gasteiger charge is 2.36. The number of hydrogen-bond acceptors (Lipinski definition) is 3. The summed E-state index contributed by atoms with van der Waals surface area (Å²) in [5.74, 6) is -0.241. The monoisotopic (exact) mass is 268 g/mol. The van der Waals surface area contributed by atoms with Crippen molar-refractivity contribution in [1.29, 1.82) is 0 Å². The van der Waals surface area contributed by atoms with Crippen molar-refractivity contribution in [3.05, 3.63) is 0 Å². The standard InChI is InChI=1S/C14H24N2O3/c1-10(2)8-16(11-5-6-11)13(17)9-15-7-3-4-12(15)14(18)19/h10-12H,3-9H2,1-2H3,(H,18,19). The van der Waals surface area contributed by atoms with E-state index >= 15 is 0 Å². The highest BCUT2D eigenvalue weighted by molar-refractivity contribution is 5.80. The molecule has 1 saturated carbocycles. The van der Waals surface area contributed by atoms with Gasteiger partial charge in [-0.3, -0.25) is 14.5 Å². The van der Waals surface area contributed by atoms with Gasteiger partial charge < -0.3 is 10.0 Å². The summed E-state index contributed by atoms with van der Waals surface area (Å²) < 4.78 is 0. The van der Waals surface area contributed by atoms with Gasteiger partial charge in [0, 0.05) is 12.6 Å². The Morgan fingerprint density at radius 2 is 2.00 bits per heavy atom. The molecule has 1 unspecified atom stereocenters. The van der Waals surface area contributed by atoms with Crippen molar-refractivity contribution in [2.24, 2.45) is 5.92 Å². The summed E-state index contributed by atoms with van der Waals surface area (Å²) in [5, 5.41) is 9.14. The summed E-state index contributed by atoms with van der Waals surface area (Å²) in [6.45, 7) is 6.00. The van der Waals surface area contributed by atoms with Crippen LogP contribution in [0.5, 0.6) is 0 Å². The Hall–Kier alpha value is -1.10. The predicted molar refractivity (Wildman–Crippen MR) is 71.8 cm³/mol. The average Bonchev–Trinajstić information content (AvgIpc) is 3.05. The van der Waals surface area contributed by atoms with Gasteiger partial charge in [-0.15, -0.1) is 0 Å². The molecule has 0 bridgehead atoms. The number of rotatable bonds is 6. The second kappa shape index (κ2) is 5.90. The molecule has 1 atom stereocenters. The Bertz CT molecular complexity index is 353. The van der Waals surface area contributed by atoms with Crippen molar-refractivity contribution in [3.63, 3.8) is 0 Å². The lowest BCUT2D eigenvalue weighted by molar-refractivity contribution is -0.143. The lowest BCUT2D eigenvalue weighted by Gasteiger charge is -2.28. The molecule has 1 heterocycles. The predicted octanol–water partition coefficient (Wildman–Crippen LogP) is 1.18. The molecule has 2 fully saturated rings. The summed E-state index contributed by atoms with van der Waals surface area (Å²) in [6, 6.07) is -0.0650. The molecule has 0 radical (unpaired) electrons. The fourth-order valence-corrected chi connectivity index (χ4v) is 2.79. The first-order chi connectivity index (χ1) is 8.99. The van der Waals surface area contributed by atoms with Crippen LogP contribution in [-0.2, 0) is 9.59 Å². The molecule has 0 aromatic heterocycles. The summed E-state index contributed by atoms with van der Waals surface area (Å²) in [7, 11) is 0. The number of hydrogen-bond donors (Lipinski definition) is 1. The summed E-state index contributed by atoms with van der Waals surface area (Å²) in [4.78, 5) is 27.3. The summed E-state index contributed by atoms with van der Waals surface area (Å²) in [5.41, 5.74) is 0. The van der Waals surface area contributed by atoms with E-state index in [0.29, 0.717) is 18.4 Å². The van der Waals surface area contributed by atoms with Crippen molar-refractivity contribution in [2.75, 3.05) is 19.6 Å². The number of carboxylic acid groups (broad SMARTS) is 1. The van der Waals surface area contributed by atoms with Crippen molar-refractivity contribution >= 4 is 11.9 Å². The minimum absolute atomic E-state index is 0.101. The van der Waals surface area contributed by atoms with Crippen LogP contribution >= 0.6 is 0 Å². The van der Waals surface area contributed by atoms with Crippen LogP contribution < -0.4 is 0 Å². The molecular weight excluding hydrogens is 244 g/mol. The fourth-order valence-electron chi connectivity index (χ4n) is 2.79. The van der Waals surface area contributed by atoms with Gasteiger partial charge in [0.1, 0.15) is 6.04 Å². The number of amides is 1. The highest BCUT2D eigenvalue weighted by Crippen LogP contribution is 2.28. The van der Waals surface area contributed by atoms with E-state index < -0.39 is 12.0 Å². The Kier molecular flexibility index (Phi) is 4.45. The maximum absolute atomic E-state index is 12.4. The second-order valence-electron chi connectivity index (χ2n) is 6.14. The topological polar surface area (TPSA) is 60.9 Å². The van der Waals surface area contributed by atoms with Gasteiger partial charge in [0.25, 0.3) is 0 Å². The SMILES string of the molecule is CC(C)CN(C(=O)CN1CCCC1C(=O)O)C1CC1. The van der Waals surface area contributed by atoms with Crippen molar-refractivity contribution in [1.82, 2.24) is 9.80 Å². The average molecular weight is 268 g/mol. The van der Waals surface area contributed by atoms with Crippen LogP contribution in [0.1, 0.15) is 39.5 Å². The normalized spacial score (nSPS) is 23.8. The van der Waals surface area contributed by atoms with E-state index in [2.05, 4.69) is 13.8 Å². The van der Waals surface area contributed by atoms with Crippen LogP contribution in [0, 0.1) is 5.92 Å². The molecule has 19 heavy (non-hydrogen) atoms. The molecule has 5 heteroatoms. The first-order valence-corrected chi connectivity index (χ1v) is 7.25. The number of carbonyl (C=O) groups excluding carboxylic acids is 1. The number of likely N-dealkylation sites (tertiary alicyclic amines) is 1. The molecule has 0 spiro atoms. The van der Waals surface area contributed by atoms with E-state index in [4.69, 9.17) is 5.11 Å². The van der Waals surface area contributed by atoms with E-state index in [9.17, 15) is 9.59 Å². The van der Waals surface area contributed by atoms with E-state index in [1.165, 1.54) is 0 Å². The largest absolute Gasteiger partial charge is 0.480 e. The van der Waals surface area contributed by atoms with Gasteiger partial charge in [-0.25, -0.2) is 0 Å². The Labute approximate surface area is 114 Å². The van der Waals surface area contributed by atoms with E-state index in [0.717, 1.165) is 32.4 Å². The van der Waals surface area contributed by atoms with Gasteiger partial charge in [-0.1, -0.05) is 13.8 Å². The maximum Gasteiger partial charge on any atom is 0.320 e. The van der Waals surface area contributed by atoms with Crippen molar-refractivity contribution in [2.45, 2.75) is 51.6 Å². The smallest absolute Gasteiger partial charge is 0.320 e. The number of carbonyl (C=O) groups is 2. The van der Waals surface area contributed by atoms with Gasteiger partial charge >= 0.3 is 5.97 Å². The van der Waals surface area contributed by atoms with Gasteiger partial charge in [0.05, 0.1) is 6.54 Å². The van der Waals surface area contributed by atoms with Crippen LogP contribution in [0.3, 0.4) is 0 Å². The second-order valence-corrected chi connectivity index (χ2v) is 6.14. The van der Waals surface area contributed by atoms with Crippen molar-refractivity contribution in [3.8, 4) is 0 Å². The van der Waals surface area contributed by atoms with Gasteiger partial charge in [-0.2, -0.15) is 0 Å². The van der Waals surface area contributed by atoms with Crippen LogP contribution in [0.4, 0.5) is 0 Å². The molecular formula is C14H24N2O3. The van der Waals surface area contributed by atoms with Crippen LogP contribution in [0.15, 0.2) is 0 Å². The third-order valence-electron chi connectivity index (χ3n) is 3.86. The minimum atomic E-state index is -0.799. The van der Waals surface area contributed by atoms with Crippen LogP contribution in [0.2, 0.25) is 0 Å². The van der Waals surface area contributed by atoms with Gasteiger partial charge in [-0.05, 0) is 38.1 Å². The molecule has 1 amide bonds. The highest BCUT2D eigenvalue weighted by atomic mass is 16.4. The zero-order valence-electron chi connectivity index (χ0n) is 11.8. The molecule has 2 rings (SSSR count). The number of aliphatic carboxylic acids is 1. The lowest BCUT2D eigenvalue weighted by atomic mass is 10.2. The Balaban J connectivity index is 1.92. The Morgan fingerprint density at radius 3 is 2.53 bits per heavy atom. The molecule has 0 aromatic carbocycles. The molecule has 2 aliphatic rings.